The summed E-state index contributed by atoms with van der Waals surface area (Å²) in [5.74, 6) is -1.20. The van der Waals surface area contributed by atoms with E-state index in [1.165, 1.54) is 0 Å². The summed E-state index contributed by atoms with van der Waals surface area (Å²) >= 11 is 0. The van der Waals surface area contributed by atoms with Gasteiger partial charge in [0.1, 0.15) is 6.61 Å². The molecule has 0 bridgehead atoms. The van der Waals surface area contributed by atoms with Crippen LogP contribution in [0.25, 0.3) is 0 Å². The molecule has 2 rings (SSSR count). The number of nitrogens with one attached hydrogen (secondary N) is 2. The Morgan fingerprint density at radius 1 is 1.21 bits per heavy atom. The second-order valence-electron chi connectivity index (χ2n) is 5.37. The first-order chi connectivity index (χ1) is 9.15. The standard InChI is InChI=1S/C13H22N2O4/c16-12(8-19-11-3-5-14-6-4-11)15-10-2-1-9(7-10)13(17)18/h9-11,14H,1-8H2,(H,15,16)(H,17,18)/t9-,10+/m1/s1. The summed E-state index contributed by atoms with van der Waals surface area (Å²) in [6.07, 6.45) is 3.98. The number of carboxylic acid groups (broad SMARTS) is 1. The molecule has 0 aromatic carbocycles. The highest BCUT2D eigenvalue weighted by Gasteiger charge is 2.30. The van der Waals surface area contributed by atoms with Crippen molar-refractivity contribution in [3.05, 3.63) is 0 Å². The van der Waals surface area contributed by atoms with Crippen LogP contribution in [0.4, 0.5) is 0 Å². The fourth-order valence-electron chi connectivity index (χ4n) is 2.76. The number of carboxylic acids is 1. The lowest BCUT2D eigenvalue weighted by atomic mass is 10.1. The predicted molar refractivity (Wildman–Crippen MR) is 68.8 cm³/mol. The zero-order valence-corrected chi connectivity index (χ0v) is 11.1. The van der Waals surface area contributed by atoms with Crippen LogP contribution in [0.3, 0.4) is 0 Å². The molecule has 1 saturated carbocycles. The Balaban J connectivity index is 1.63. The molecule has 1 amide bonds. The number of carbonyl (C=O) groups is 2. The van der Waals surface area contributed by atoms with Gasteiger partial charge in [-0.15, -0.1) is 0 Å². The number of ether oxygens (including phenoxy) is 1. The lowest BCUT2D eigenvalue weighted by Gasteiger charge is -2.23. The second kappa shape index (κ2) is 6.86. The summed E-state index contributed by atoms with van der Waals surface area (Å²) in [7, 11) is 0. The highest BCUT2D eigenvalue weighted by Crippen LogP contribution is 2.25. The van der Waals surface area contributed by atoms with Crippen LogP contribution in [-0.2, 0) is 14.3 Å². The maximum absolute atomic E-state index is 11.7. The fourth-order valence-corrected chi connectivity index (χ4v) is 2.76. The Kier molecular flexibility index (Phi) is 5.15. The van der Waals surface area contributed by atoms with Crippen molar-refractivity contribution in [2.75, 3.05) is 19.7 Å². The van der Waals surface area contributed by atoms with E-state index in [4.69, 9.17) is 9.84 Å². The normalized spacial score (nSPS) is 28.2. The molecule has 0 unspecified atom stereocenters. The molecule has 1 saturated heterocycles. The third-order valence-electron chi connectivity index (χ3n) is 3.88. The van der Waals surface area contributed by atoms with Crippen LogP contribution in [0, 0.1) is 5.92 Å². The van der Waals surface area contributed by atoms with Crippen molar-refractivity contribution in [1.29, 1.82) is 0 Å². The van der Waals surface area contributed by atoms with Gasteiger partial charge in [0.05, 0.1) is 12.0 Å². The van der Waals surface area contributed by atoms with E-state index in [2.05, 4.69) is 10.6 Å². The summed E-state index contributed by atoms with van der Waals surface area (Å²) in [5, 5.41) is 15.0. The highest BCUT2D eigenvalue weighted by molar-refractivity contribution is 5.78. The second-order valence-corrected chi connectivity index (χ2v) is 5.37. The molecule has 1 aliphatic heterocycles. The molecule has 6 heteroatoms. The highest BCUT2D eigenvalue weighted by atomic mass is 16.5. The van der Waals surface area contributed by atoms with Gasteiger partial charge in [0.25, 0.3) is 0 Å². The minimum atomic E-state index is -0.761. The van der Waals surface area contributed by atoms with Crippen molar-refractivity contribution in [3.8, 4) is 0 Å². The van der Waals surface area contributed by atoms with E-state index in [1.54, 1.807) is 0 Å². The average molecular weight is 270 g/mol. The van der Waals surface area contributed by atoms with Crippen LogP contribution in [0.1, 0.15) is 32.1 Å². The van der Waals surface area contributed by atoms with Crippen molar-refractivity contribution in [2.24, 2.45) is 5.92 Å². The Morgan fingerprint density at radius 2 is 1.95 bits per heavy atom. The molecule has 2 aliphatic rings. The van der Waals surface area contributed by atoms with Crippen molar-refractivity contribution in [3.63, 3.8) is 0 Å². The van der Waals surface area contributed by atoms with E-state index in [1.807, 2.05) is 0 Å². The van der Waals surface area contributed by atoms with Crippen LogP contribution < -0.4 is 10.6 Å². The SMILES string of the molecule is O=C(COC1CCNCC1)N[C@H]1CC[C@@H](C(=O)O)C1. The summed E-state index contributed by atoms with van der Waals surface area (Å²) in [6.45, 7) is 1.96. The predicted octanol–water partition coefficient (Wildman–Crippen LogP) is 0.125. The number of carbonyl (C=O) groups excluding carboxylic acids is 1. The minimum absolute atomic E-state index is 0.00905. The first-order valence-corrected chi connectivity index (χ1v) is 6.99. The van der Waals surface area contributed by atoms with E-state index in [9.17, 15) is 9.59 Å². The summed E-state index contributed by atoms with van der Waals surface area (Å²) in [4.78, 5) is 22.5. The zero-order valence-electron chi connectivity index (χ0n) is 11.1. The third-order valence-corrected chi connectivity index (χ3v) is 3.88. The van der Waals surface area contributed by atoms with Crippen molar-refractivity contribution >= 4 is 11.9 Å². The molecule has 2 fully saturated rings. The van der Waals surface area contributed by atoms with Crippen molar-refractivity contribution < 1.29 is 19.4 Å². The largest absolute Gasteiger partial charge is 0.481 e. The van der Waals surface area contributed by atoms with Gasteiger partial charge in [-0.25, -0.2) is 0 Å². The van der Waals surface area contributed by atoms with Gasteiger partial charge in [0.15, 0.2) is 0 Å². The summed E-state index contributed by atoms with van der Waals surface area (Å²) in [5.41, 5.74) is 0. The van der Waals surface area contributed by atoms with Crippen molar-refractivity contribution in [2.45, 2.75) is 44.2 Å². The molecule has 2 atom stereocenters. The van der Waals surface area contributed by atoms with E-state index >= 15 is 0 Å². The number of hydrogen-bond donors (Lipinski definition) is 3. The molecule has 19 heavy (non-hydrogen) atoms. The molecular formula is C13H22N2O4. The first-order valence-electron chi connectivity index (χ1n) is 6.99. The fraction of sp³-hybridized carbons (Fsp3) is 0.846. The number of hydrogen-bond acceptors (Lipinski definition) is 4. The molecule has 108 valence electrons. The molecule has 3 N–H and O–H groups in total. The molecule has 0 spiro atoms. The summed E-state index contributed by atoms with van der Waals surface area (Å²) in [6, 6.07) is -0.00905. The minimum Gasteiger partial charge on any atom is -0.481 e. The maximum atomic E-state index is 11.7. The number of rotatable bonds is 5. The van der Waals surface area contributed by atoms with E-state index in [-0.39, 0.29) is 30.6 Å². The number of aliphatic carboxylic acids is 1. The van der Waals surface area contributed by atoms with Gasteiger partial charge in [-0.3, -0.25) is 9.59 Å². The molecule has 0 radical (unpaired) electrons. The molecule has 1 heterocycles. The van der Waals surface area contributed by atoms with Gasteiger partial charge >= 0.3 is 5.97 Å². The van der Waals surface area contributed by atoms with Crippen LogP contribution in [-0.4, -0.2) is 48.8 Å². The first kappa shape index (κ1) is 14.3. The quantitative estimate of drug-likeness (QED) is 0.660. The Bertz CT molecular complexity index is 329. The molecule has 1 aliphatic carbocycles. The molecule has 6 nitrogen and oxygen atoms in total. The lowest BCUT2D eigenvalue weighted by Crippen LogP contribution is -2.39. The van der Waals surface area contributed by atoms with E-state index in [0.29, 0.717) is 12.8 Å². The summed E-state index contributed by atoms with van der Waals surface area (Å²) < 4.78 is 5.56. The molecule has 0 aromatic heterocycles. The smallest absolute Gasteiger partial charge is 0.306 e. The van der Waals surface area contributed by atoms with Gasteiger partial charge in [0.2, 0.25) is 5.91 Å². The van der Waals surface area contributed by atoms with Crippen LogP contribution in [0.5, 0.6) is 0 Å². The third kappa shape index (κ3) is 4.47. The Morgan fingerprint density at radius 3 is 2.58 bits per heavy atom. The van der Waals surface area contributed by atoms with Gasteiger partial charge in [-0.1, -0.05) is 0 Å². The average Bonchev–Trinajstić information content (AvgIpc) is 2.86. The molecule has 0 aromatic rings. The Labute approximate surface area is 112 Å². The van der Waals surface area contributed by atoms with Gasteiger partial charge < -0.3 is 20.5 Å². The maximum Gasteiger partial charge on any atom is 0.306 e. The van der Waals surface area contributed by atoms with Gasteiger partial charge in [0, 0.05) is 6.04 Å². The zero-order chi connectivity index (χ0) is 13.7. The van der Waals surface area contributed by atoms with Crippen LogP contribution in [0.2, 0.25) is 0 Å². The van der Waals surface area contributed by atoms with Crippen LogP contribution in [0.15, 0.2) is 0 Å². The monoisotopic (exact) mass is 270 g/mol. The van der Waals surface area contributed by atoms with E-state index in [0.717, 1.165) is 32.4 Å². The van der Waals surface area contributed by atoms with Crippen molar-refractivity contribution in [1.82, 2.24) is 10.6 Å². The number of piperidine rings is 1. The Hall–Kier alpha value is -1.14. The van der Waals surface area contributed by atoms with E-state index < -0.39 is 5.97 Å². The van der Waals surface area contributed by atoms with Gasteiger partial charge in [-0.05, 0) is 45.2 Å². The lowest BCUT2D eigenvalue weighted by molar-refractivity contribution is -0.141. The molecular weight excluding hydrogens is 248 g/mol. The van der Waals surface area contributed by atoms with Gasteiger partial charge in [-0.2, -0.15) is 0 Å². The van der Waals surface area contributed by atoms with Crippen LogP contribution >= 0.6 is 0 Å². The topological polar surface area (TPSA) is 87.7 Å². The number of amides is 1.